The van der Waals surface area contributed by atoms with E-state index in [1.807, 2.05) is 0 Å². The number of aromatic nitrogens is 3. The van der Waals surface area contributed by atoms with Gasteiger partial charge in [-0.1, -0.05) is 37.1 Å². The molecule has 0 saturated heterocycles. The fourth-order valence-electron chi connectivity index (χ4n) is 2.05. The first-order valence-electron chi connectivity index (χ1n) is 6.66. The van der Waals surface area contributed by atoms with Crippen LogP contribution < -0.4 is 5.73 Å². The van der Waals surface area contributed by atoms with Gasteiger partial charge in [-0.05, 0) is 18.6 Å². The van der Waals surface area contributed by atoms with Crippen molar-refractivity contribution in [3.63, 3.8) is 0 Å². The molecular formula is C14H18N4O2. The third-order valence-electron chi connectivity index (χ3n) is 3.10. The number of nitrogens with zero attached hydrogens (tertiary/aromatic N) is 3. The van der Waals surface area contributed by atoms with Gasteiger partial charge in [-0.2, -0.15) is 0 Å². The van der Waals surface area contributed by atoms with Gasteiger partial charge in [0.05, 0.1) is 0 Å². The Morgan fingerprint density at radius 3 is 2.60 bits per heavy atom. The summed E-state index contributed by atoms with van der Waals surface area (Å²) in [5, 5.41) is 17.0. The van der Waals surface area contributed by atoms with Crippen molar-refractivity contribution in [2.75, 3.05) is 5.73 Å². The minimum absolute atomic E-state index is 0.0220. The summed E-state index contributed by atoms with van der Waals surface area (Å²) < 4.78 is 1.66. The Morgan fingerprint density at radius 2 is 2.00 bits per heavy atom. The normalized spacial score (nSPS) is 10.7. The van der Waals surface area contributed by atoms with Crippen molar-refractivity contribution in [1.82, 2.24) is 15.0 Å². The molecule has 0 spiro atoms. The quantitative estimate of drug-likeness (QED) is 0.623. The molecule has 0 amide bonds. The Morgan fingerprint density at radius 1 is 1.30 bits per heavy atom. The summed E-state index contributed by atoms with van der Waals surface area (Å²) in [6.45, 7) is 2.78. The number of benzene rings is 1. The second-order valence-electron chi connectivity index (χ2n) is 4.64. The van der Waals surface area contributed by atoms with E-state index in [1.54, 1.807) is 28.9 Å². The molecular weight excluding hydrogens is 256 g/mol. The van der Waals surface area contributed by atoms with Crippen molar-refractivity contribution in [3.8, 4) is 11.3 Å². The van der Waals surface area contributed by atoms with Crippen LogP contribution in [0.25, 0.3) is 11.3 Å². The molecule has 0 aliphatic rings. The molecule has 0 saturated carbocycles. The summed E-state index contributed by atoms with van der Waals surface area (Å²) in [7, 11) is 0. The molecule has 2 rings (SSSR count). The van der Waals surface area contributed by atoms with Crippen LogP contribution in [0.5, 0.6) is 0 Å². The van der Waals surface area contributed by atoms with Gasteiger partial charge in [0, 0.05) is 17.8 Å². The summed E-state index contributed by atoms with van der Waals surface area (Å²) in [6.07, 6.45) is 3.11. The number of aromatic carboxylic acids is 1. The summed E-state index contributed by atoms with van der Waals surface area (Å²) in [5.74, 6) is -1.07. The number of hydrogen-bond donors (Lipinski definition) is 2. The van der Waals surface area contributed by atoms with Gasteiger partial charge >= 0.3 is 5.97 Å². The zero-order valence-electron chi connectivity index (χ0n) is 11.4. The number of carboxylic acid groups (broad SMARTS) is 1. The highest BCUT2D eigenvalue weighted by Gasteiger charge is 2.20. The smallest absolute Gasteiger partial charge is 0.358 e. The number of nitrogen functional groups attached to an aromatic ring is 1. The first kappa shape index (κ1) is 14.0. The van der Waals surface area contributed by atoms with E-state index in [-0.39, 0.29) is 5.69 Å². The molecule has 1 aromatic carbocycles. The molecule has 106 valence electrons. The van der Waals surface area contributed by atoms with Gasteiger partial charge in [0.15, 0.2) is 5.69 Å². The van der Waals surface area contributed by atoms with Crippen LogP contribution in [0.15, 0.2) is 24.3 Å². The van der Waals surface area contributed by atoms with Crippen molar-refractivity contribution < 1.29 is 9.90 Å². The molecule has 1 heterocycles. The average molecular weight is 274 g/mol. The van der Waals surface area contributed by atoms with E-state index in [0.717, 1.165) is 24.8 Å². The average Bonchev–Trinajstić information content (AvgIpc) is 2.84. The molecule has 20 heavy (non-hydrogen) atoms. The molecule has 0 radical (unpaired) electrons. The molecule has 0 fully saturated rings. The number of carboxylic acids is 1. The molecule has 6 heteroatoms. The number of anilines is 1. The number of hydrogen-bond acceptors (Lipinski definition) is 4. The van der Waals surface area contributed by atoms with Crippen LogP contribution in [0.1, 0.15) is 36.7 Å². The molecule has 1 aromatic heterocycles. The van der Waals surface area contributed by atoms with Gasteiger partial charge in [0.1, 0.15) is 5.69 Å². The lowest BCUT2D eigenvalue weighted by Crippen LogP contribution is -2.05. The Hall–Kier alpha value is -2.37. The zero-order chi connectivity index (χ0) is 14.5. The van der Waals surface area contributed by atoms with Crippen LogP contribution in [0.4, 0.5) is 5.69 Å². The van der Waals surface area contributed by atoms with Crippen LogP contribution in [-0.4, -0.2) is 26.1 Å². The third kappa shape index (κ3) is 2.96. The van der Waals surface area contributed by atoms with Crippen LogP contribution in [0, 0.1) is 0 Å². The largest absolute Gasteiger partial charge is 0.476 e. The van der Waals surface area contributed by atoms with Gasteiger partial charge < -0.3 is 10.8 Å². The number of unbranched alkanes of at least 4 members (excludes halogenated alkanes) is 2. The third-order valence-corrected chi connectivity index (χ3v) is 3.10. The van der Waals surface area contributed by atoms with Gasteiger partial charge in [-0.3, -0.25) is 0 Å². The van der Waals surface area contributed by atoms with E-state index >= 15 is 0 Å². The summed E-state index contributed by atoms with van der Waals surface area (Å²) >= 11 is 0. The SMILES string of the molecule is CCCCCn1nnc(C(=O)O)c1-c1ccc(N)cc1. The Bertz CT molecular complexity index is 590. The van der Waals surface area contributed by atoms with E-state index in [1.165, 1.54) is 0 Å². The molecule has 0 aliphatic heterocycles. The summed E-state index contributed by atoms with van der Waals surface area (Å²) in [6, 6.07) is 7.06. The minimum Gasteiger partial charge on any atom is -0.476 e. The topological polar surface area (TPSA) is 94.0 Å². The van der Waals surface area contributed by atoms with Gasteiger partial charge in [0.2, 0.25) is 0 Å². The van der Waals surface area contributed by atoms with E-state index < -0.39 is 5.97 Å². The number of nitrogens with two attached hydrogens (primary N) is 1. The highest BCUT2D eigenvalue weighted by molar-refractivity contribution is 5.92. The van der Waals surface area contributed by atoms with Crippen LogP contribution in [-0.2, 0) is 6.54 Å². The Balaban J connectivity index is 2.38. The summed E-state index contributed by atoms with van der Waals surface area (Å²) in [4.78, 5) is 11.3. The zero-order valence-corrected chi connectivity index (χ0v) is 11.4. The molecule has 3 N–H and O–H groups in total. The first-order chi connectivity index (χ1) is 9.63. The van der Waals surface area contributed by atoms with E-state index in [2.05, 4.69) is 17.2 Å². The predicted octanol–water partition coefficient (Wildman–Crippen LogP) is 2.42. The van der Waals surface area contributed by atoms with E-state index in [4.69, 9.17) is 5.73 Å². The molecule has 0 aliphatic carbocycles. The fraction of sp³-hybridized carbons (Fsp3) is 0.357. The van der Waals surface area contributed by atoms with Crippen LogP contribution >= 0.6 is 0 Å². The number of carbonyl (C=O) groups is 1. The van der Waals surface area contributed by atoms with Gasteiger partial charge in [-0.25, -0.2) is 9.48 Å². The lowest BCUT2D eigenvalue weighted by atomic mass is 10.1. The monoisotopic (exact) mass is 274 g/mol. The fourth-order valence-corrected chi connectivity index (χ4v) is 2.05. The summed E-state index contributed by atoms with van der Waals surface area (Å²) in [5.41, 5.74) is 7.57. The van der Waals surface area contributed by atoms with Crippen molar-refractivity contribution in [1.29, 1.82) is 0 Å². The highest BCUT2D eigenvalue weighted by Crippen LogP contribution is 2.24. The maximum atomic E-state index is 11.3. The maximum Gasteiger partial charge on any atom is 0.358 e. The number of rotatable bonds is 6. The molecule has 0 atom stereocenters. The molecule has 0 unspecified atom stereocenters. The van der Waals surface area contributed by atoms with Crippen molar-refractivity contribution >= 4 is 11.7 Å². The van der Waals surface area contributed by atoms with Crippen molar-refractivity contribution in [2.24, 2.45) is 0 Å². The molecule has 0 bridgehead atoms. The standard InChI is InChI=1S/C14H18N4O2/c1-2-3-4-9-18-13(12(14(19)20)16-17-18)10-5-7-11(15)8-6-10/h5-8H,2-4,9,15H2,1H3,(H,19,20). The van der Waals surface area contributed by atoms with Crippen molar-refractivity contribution in [2.45, 2.75) is 32.7 Å². The van der Waals surface area contributed by atoms with Gasteiger partial charge in [0.25, 0.3) is 0 Å². The van der Waals surface area contributed by atoms with Gasteiger partial charge in [-0.15, -0.1) is 5.10 Å². The lowest BCUT2D eigenvalue weighted by Gasteiger charge is -2.07. The number of aryl methyl sites for hydroxylation is 1. The van der Waals surface area contributed by atoms with Crippen LogP contribution in [0.3, 0.4) is 0 Å². The Kier molecular flexibility index (Phi) is 4.34. The minimum atomic E-state index is -1.07. The van der Waals surface area contributed by atoms with Crippen LogP contribution in [0.2, 0.25) is 0 Å². The Labute approximate surface area is 117 Å². The van der Waals surface area contributed by atoms with Crippen molar-refractivity contribution in [3.05, 3.63) is 30.0 Å². The second kappa shape index (κ2) is 6.18. The maximum absolute atomic E-state index is 11.3. The van der Waals surface area contributed by atoms with E-state index in [9.17, 15) is 9.90 Å². The molecule has 6 nitrogen and oxygen atoms in total. The predicted molar refractivity (Wildman–Crippen MR) is 76.4 cm³/mol. The first-order valence-corrected chi connectivity index (χ1v) is 6.66. The van der Waals surface area contributed by atoms with E-state index in [0.29, 0.717) is 17.9 Å². The molecule has 2 aromatic rings. The highest BCUT2D eigenvalue weighted by atomic mass is 16.4. The lowest BCUT2D eigenvalue weighted by molar-refractivity contribution is 0.0691. The second-order valence-corrected chi connectivity index (χ2v) is 4.64.